The van der Waals surface area contributed by atoms with Crippen LogP contribution in [0.3, 0.4) is 0 Å². The first kappa shape index (κ1) is 14.6. The number of nitrogens with two attached hydrogens (primary N) is 1. The van der Waals surface area contributed by atoms with Gasteiger partial charge in [0.2, 0.25) is 5.91 Å². The average molecular weight is 277 g/mol. The first-order chi connectivity index (χ1) is 9.54. The second-order valence-electron chi connectivity index (χ2n) is 5.87. The molecule has 1 heterocycles. The van der Waals surface area contributed by atoms with Gasteiger partial charge in [-0.15, -0.1) is 0 Å². The largest absolute Gasteiger partial charge is 0.398 e. The Labute approximate surface area is 119 Å². The molecule has 2 rings (SSSR count). The van der Waals surface area contributed by atoms with Crippen LogP contribution in [0.15, 0.2) is 23.1 Å². The zero-order valence-corrected chi connectivity index (χ0v) is 12.0. The summed E-state index contributed by atoms with van der Waals surface area (Å²) in [6.45, 7) is 3.01. The van der Waals surface area contributed by atoms with Crippen molar-refractivity contribution >= 4 is 11.6 Å². The van der Waals surface area contributed by atoms with Crippen LogP contribution in [0.25, 0.3) is 0 Å². The number of nitrogen functional groups attached to an aromatic ring is 1. The molecule has 0 radical (unpaired) electrons. The highest BCUT2D eigenvalue weighted by atomic mass is 16.2. The summed E-state index contributed by atoms with van der Waals surface area (Å²) in [5, 5.41) is 2.93. The molecule has 5 nitrogen and oxygen atoms in total. The van der Waals surface area contributed by atoms with Gasteiger partial charge in [0.15, 0.2) is 0 Å². The van der Waals surface area contributed by atoms with Crippen LogP contribution in [-0.4, -0.2) is 17.0 Å². The summed E-state index contributed by atoms with van der Waals surface area (Å²) in [6.07, 6.45) is 6.41. The molecule has 1 fully saturated rings. The fourth-order valence-electron chi connectivity index (χ4n) is 2.89. The number of aromatic nitrogens is 1. The maximum absolute atomic E-state index is 11.9. The van der Waals surface area contributed by atoms with Gasteiger partial charge in [-0.3, -0.25) is 9.59 Å². The number of pyridine rings is 1. The molecule has 2 atom stereocenters. The molecule has 0 saturated heterocycles. The van der Waals surface area contributed by atoms with E-state index in [9.17, 15) is 9.59 Å². The lowest BCUT2D eigenvalue weighted by Crippen LogP contribution is -2.35. The number of carbonyl (C=O) groups is 1. The van der Waals surface area contributed by atoms with Crippen molar-refractivity contribution in [1.29, 1.82) is 0 Å². The molecule has 1 saturated carbocycles. The normalized spacial score (nSPS) is 22.4. The van der Waals surface area contributed by atoms with E-state index in [4.69, 9.17) is 5.73 Å². The number of amides is 1. The fourth-order valence-corrected chi connectivity index (χ4v) is 2.89. The molecule has 1 aromatic heterocycles. The topological polar surface area (TPSA) is 77.1 Å². The van der Waals surface area contributed by atoms with Crippen LogP contribution in [0.5, 0.6) is 0 Å². The molecule has 110 valence electrons. The zero-order valence-electron chi connectivity index (χ0n) is 12.0. The number of hydrogen-bond acceptors (Lipinski definition) is 3. The van der Waals surface area contributed by atoms with Crippen molar-refractivity contribution in [2.75, 3.05) is 12.3 Å². The first-order valence-corrected chi connectivity index (χ1v) is 7.27. The van der Waals surface area contributed by atoms with E-state index in [1.165, 1.54) is 42.5 Å². The molecule has 0 spiro atoms. The maximum atomic E-state index is 11.9. The second kappa shape index (κ2) is 6.59. The molecule has 5 heteroatoms. The van der Waals surface area contributed by atoms with Gasteiger partial charge in [0.25, 0.3) is 5.56 Å². The third-order valence-electron chi connectivity index (χ3n) is 3.95. The predicted octanol–water partition coefficient (Wildman–Crippen LogP) is 1.37. The third kappa shape index (κ3) is 4.11. The lowest BCUT2D eigenvalue weighted by atomic mass is 9.82. The number of nitrogens with zero attached hydrogens (tertiary/aromatic N) is 1. The van der Waals surface area contributed by atoms with Crippen LogP contribution in [0.4, 0.5) is 5.69 Å². The molecule has 1 amide bonds. The quantitative estimate of drug-likeness (QED) is 0.872. The van der Waals surface area contributed by atoms with E-state index >= 15 is 0 Å². The second-order valence-corrected chi connectivity index (χ2v) is 5.87. The lowest BCUT2D eigenvalue weighted by molar-refractivity contribution is -0.122. The molecule has 0 bridgehead atoms. The molecule has 20 heavy (non-hydrogen) atoms. The van der Waals surface area contributed by atoms with E-state index in [1.54, 1.807) is 6.07 Å². The molecular weight excluding hydrogens is 254 g/mol. The SMILES string of the molecule is CC1CCCC(CNC(=O)Cn2cc(N)ccc2=O)C1. The molecule has 1 aliphatic carbocycles. The molecule has 1 aliphatic rings. The van der Waals surface area contributed by atoms with Crippen molar-refractivity contribution in [1.82, 2.24) is 9.88 Å². The van der Waals surface area contributed by atoms with E-state index in [0.717, 1.165) is 5.92 Å². The van der Waals surface area contributed by atoms with Gasteiger partial charge in [0.05, 0.1) is 0 Å². The van der Waals surface area contributed by atoms with Gasteiger partial charge in [0.1, 0.15) is 6.54 Å². The minimum atomic E-state index is -0.208. The van der Waals surface area contributed by atoms with E-state index in [-0.39, 0.29) is 18.0 Å². The van der Waals surface area contributed by atoms with Crippen molar-refractivity contribution in [2.24, 2.45) is 11.8 Å². The van der Waals surface area contributed by atoms with Gasteiger partial charge in [-0.05, 0) is 30.7 Å². The summed E-state index contributed by atoms with van der Waals surface area (Å²) in [6, 6.07) is 2.92. The monoisotopic (exact) mass is 277 g/mol. The smallest absolute Gasteiger partial charge is 0.251 e. The Morgan fingerprint density at radius 3 is 3.00 bits per heavy atom. The minimum absolute atomic E-state index is 0.0339. The van der Waals surface area contributed by atoms with Crippen molar-refractivity contribution in [2.45, 2.75) is 39.2 Å². The van der Waals surface area contributed by atoms with Crippen LogP contribution in [0, 0.1) is 11.8 Å². The summed E-state index contributed by atoms with van der Waals surface area (Å²) < 4.78 is 1.34. The number of nitrogens with one attached hydrogen (secondary N) is 1. The van der Waals surface area contributed by atoms with Crippen molar-refractivity contribution in [3.8, 4) is 0 Å². The molecule has 1 aromatic rings. The van der Waals surface area contributed by atoms with Crippen LogP contribution in [-0.2, 0) is 11.3 Å². The molecule has 3 N–H and O–H groups in total. The maximum Gasteiger partial charge on any atom is 0.251 e. The molecule has 0 aliphatic heterocycles. The fraction of sp³-hybridized carbons (Fsp3) is 0.600. The van der Waals surface area contributed by atoms with Gasteiger partial charge in [-0.1, -0.05) is 19.8 Å². The van der Waals surface area contributed by atoms with Gasteiger partial charge < -0.3 is 15.6 Å². The summed E-state index contributed by atoms with van der Waals surface area (Å²) in [4.78, 5) is 23.5. The third-order valence-corrected chi connectivity index (χ3v) is 3.95. The van der Waals surface area contributed by atoms with Crippen molar-refractivity contribution in [3.05, 3.63) is 28.7 Å². The van der Waals surface area contributed by atoms with Crippen molar-refractivity contribution in [3.63, 3.8) is 0 Å². The number of rotatable bonds is 4. The Kier molecular flexibility index (Phi) is 4.82. The van der Waals surface area contributed by atoms with Gasteiger partial charge in [-0.2, -0.15) is 0 Å². The highest BCUT2D eigenvalue weighted by molar-refractivity contribution is 5.75. The van der Waals surface area contributed by atoms with Gasteiger partial charge in [-0.25, -0.2) is 0 Å². The predicted molar refractivity (Wildman–Crippen MR) is 79.2 cm³/mol. The molecule has 0 aromatic carbocycles. The Hall–Kier alpha value is -1.78. The number of hydrogen-bond donors (Lipinski definition) is 2. The summed E-state index contributed by atoms with van der Waals surface area (Å²) >= 11 is 0. The molecule has 2 unspecified atom stereocenters. The minimum Gasteiger partial charge on any atom is -0.398 e. The Balaban J connectivity index is 1.83. The Morgan fingerprint density at radius 1 is 1.45 bits per heavy atom. The zero-order chi connectivity index (χ0) is 14.5. The first-order valence-electron chi connectivity index (χ1n) is 7.27. The van der Waals surface area contributed by atoms with E-state index in [0.29, 0.717) is 18.2 Å². The average Bonchev–Trinajstić information content (AvgIpc) is 2.41. The van der Waals surface area contributed by atoms with Crippen LogP contribution >= 0.6 is 0 Å². The van der Waals surface area contributed by atoms with E-state index in [1.807, 2.05) is 0 Å². The van der Waals surface area contributed by atoms with Crippen molar-refractivity contribution < 1.29 is 4.79 Å². The van der Waals surface area contributed by atoms with Gasteiger partial charge in [0, 0.05) is 24.5 Å². The Morgan fingerprint density at radius 2 is 2.25 bits per heavy atom. The van der Waals surface area contributed by atoms with Crippen LogP contribution < -0.4 is 16.6 Å². The highest BCUT2D eigenvalue weighted by Crippen LogP contribution is 2.27. The Bertz CT molecular complexity index is 524. The van der Waals surface area contributed by atoms with E-state index < -0.39 is 0 Å². The summed E-state index contributed by atoms with van der Waals surface area (Å²) in [7, 11) is 0. The van der Waals surface area contributed by atoms with E-state index in [2.05, 4.69) is 12.2 Å². The van der Waals surface area contributed by atoms with Crippen LogP contribution in [0.2, 0.25) is 0 Å². The number of anilines is 1. The van der Waals surface area contributed by atoms with Crippen LogP contribution in [0.1, 0.15) is 32.6 Å². The summed E-state index contributed by atoms with van der Waals surface area (Å²) in [5.41, 5.74) is 5.89. The summed E-state index contributed by atoms with van der Waals surface area (Å²) in [5.74, 6) is 1.19. The standard InChI is InChI=1S/C15H23N3O2/c1-11-3-2-4-12(7-11)8-17-14(19)10-18-9-13(16)5-6-15(18)20/h5-6,9,11-12H,2-4,7-8,10,16H2,1H3,(H,17,19). The van der Waals surface area contributed by atoms with Gasteiger partial charge >= 0.3 is 0 Å². The highest BCUT2D eigenvalue weighted by Gasteiger charge is 2.19. The number of carbonyl (C=O) groups excluding carboxylic acids is 1. The lowest BCUT2D eigenvalue weighted by Gasteiger charge is -2.26. The molecular formula is C15H23N3O2.